The van der Waals surface area contributed by atoms with Crippen LogP contribution in [0.5, 0.6) is 0 Å². The Morgan fingerprint density at radius 1 is 0.393 bits per heavy atom. The topological polar surface area (TPSA) is 43.6 Å². The molecule has 0 spiro atoms. The molecule has 11 rings (SSSR count). The van der Waals surface area contributed by atoms with E-state index in [1.165, 1.54) is 25.7 Å². The molecule has 262 valence electrons. The molecule has 5 heteroatoms. The molecule has 0 aliphatic rings. The van der Waals surface area contributed by atoms with Crippen LogP contribution < -0.4 is 0 Å². The average Bonchev–Trinajstić information content (AvgIpc) is 3.82. The molecule has 11 aromatic rings. The number of hydrogen-bond donors (Lipinski definition) is 0. The van der Waals surface area contributed by atoms with Crippen LogP contribution in [0, 0.1) is 0 Å². The van der Waals surface area contributed by atoms with Crippen LogP contribution in [-0.4, -0.2) is 19.5 Å². The first-order chi connectivity index (χ1) is 28.2. The van der Waals surface area contributed by atoms with Crippen molar-refractivity contribution in [3.8, 4) is 62.1 Å². The van der Waals surface area contributed by atoms with Gasteiger partial charge in [0.2, 0.25) is 0 Å². The molecule has 0 fully saturated rings. The highest BCUT2D eigenvalue weighted by atomic mass is 32.1. The lowest BCUT2D eigenvalue weighted by Crippen LogP contribution is -2.04. The van der Waals surface area contributed by atoms with Crippen LogP contribution in [0.4, 0.5) is 0 Å². The van der Waals surface area contributed by atoms with E-state index in [1.54, 1.807) is 0 Å². The highest BCUT2D eigenvalue weighted by molar-refractivity contribution is 7.26. The molecule has 0 atom stereocenters. The van der Waals surface area contributed by atoms with Gasteiger partial charge in [-0.05, 0) is 58.7 Å². The first-order valence-corrected chi connectivity index (χ1v) is 19.5. The zero-order valence-electron chi connectivity index (χ0n) is 31.1. The molecule has 0 aliphatic carbocycles. The summed E-state index contributed by atoms with van der Waals surface area (Å²) >= 11 is 1.83. The summed E-state index contributed by atoms with van der Waals surface area (Å²) in [5.41, 5.74) is 10.2. The van der Waals surface area contributed by atoms with Gasteiger partial charge in [-0.15, -0.1) is 11.3 Å². The Bertz CT molecular complexity index is 3240. The standard InChI is InChI=1S/C51H32N4S/c1-4-15-33(16-5-1)36-28-30-45-43(31-36)39-21-10-12-25-44(39)55(45)46-32-37(38-23-14-24-41-40-22-11-13-26-47(40)56-48(38)41)27-29-42(46)51-53-49(34-17-6-2-7-18-34)52-50(54-51)35-19-8-3-9-20-35/h1-32H/i10D. The lowest BCUT2D eigenvalue weighted by Gasteiger charge is -2.17. The van der Waals surface area contributed by atoms with Gasteiger partial charge in [0.25, 0.3) is 0 Å². The van der Waals surface area contributed by atoms with Crippen LogP contribution in [-0.2, 0) is 0 Å². The number of aromatic nitrogens is 4. The summed E-state index contributed by atoms with van der Waals surface area (Å²) in [6.45, 7) is 0. The molecule has 0 radical (unpaired) electrons. The lowest BCUT2D eigenvalue weighted by molar-refractivity contribution is 1.06. The van der Waals surface area contributed by atoms with Gasteiger partial charge < -0.3 is 4.57 Å². The van der Waals surface area contributed by atoms with E-state index in [1.807, 2.05) is 90.2 Å². The van der Waals surface area contributed by atoms with Crippen LogP contribution >= 0.6 is 11.3 Å². The van der Waals surface area contributed by atoms with Crippen molar-refractivity contribution in [3.05, 3.63) is 194 Å². The summed E-state index contributed by atoms with van der Waals surface area (Å²) in [5.74, 6) is 1.80. The molecular formula is C51H32N4S. The summed E-state index contributed by atoms with van der Waals surface area (Å²) in [5, 5.41) is 4.62. The smallest absolute Gasteiger partial charge is 0.166 e. The van der Waals surface area contributed by atoms with Gasteiger partial charge in [0.05, 0.1) is 18.1 Å². The molecule has 3 heterocycles. The van der Waals surface area contributed by atoms with Gasteiger partial charge in [0.15, 0.2) is 17.5 Å². The summed E-state index contributed by atoms with van der Waals surface area (Å²) in [6.07, 6.45) is 0. The lowest BCUT2D eigenvalue weighted by atomic mass is 9.99. The van der Waals surface area contributed by atoms with E-state index in [-0.39, 0.29) is 0 Å². The predicted octanol–water partition coefficient (Wildman–Crippen LogP) is 13.7. The zero-order valence-corrected chi connectivity index (χ0v) is 30.9. The maximum Gasteiger partial charge on any atom is 0.166 e. The van der Waals surface area contributed by atoms with Crippen LogP contribution in [0.1, 0.15) is 1.37 Å². The molecule has 0 bridgehead atoms. The molecule has 0 aliphatic heterocycles. The van der Waals surface area contributed by atoms with Gasteiger partial charge in [-0.3, -0.25) is 0 Å². The average molecular weight is 734 g/mol. The van der Waals surface area contributed by atoms with Gasteiger partial charge >= 0.3 is 0 Å². The molecule has 8 aromatic carbocycles. The number of thiophene rings is 1. The Labute approximate surface area is 329 Å². The normalized spacial score (nSPS) is 11.8. The number of hydrogen-bond acceptors (Lipinski definition) is 4. The van der Waals surface area contributed by atoms with E-state index in [9.17, 15) is 0 Å². The molecule has 56 heavy (non-hydrogen) atoms. The number of para-hydroxylation sites is 1. The molecule has 4 nitrogen and oxygen atoms in total. The fraction of sp³-hybridized carbons (Fsp3) is 0. The van der Waals surface area contributed by atoms with E-state index in [0.717, 1.165) is 60.9 Å². The second kappa shape index (κ2) is 13.3. The Hall–Kier alpha value is -7.21. The van der Waals surface area contributed by atoms with Crippen molar-refractivity contribution in [2.45, 2.75) is 0 Å². The third-order valence-corrected chi connectivity index (χ3v) is 11.8. The Kier molecular flexibility index (Phi) is 7.39. The predicted molar refractivity (Wildman–Crippen MR) is 234 cm³/mol. The second-order valence-corrected chi connectivity index (χ2v) is 15.0. The van der Waals surface area contributed by atoms with Crippen molar-refractivity contribution in [1.82, 2.24) is 19.5 Å². The third-order valence-electron chi connectivity index (χ3n) is 10.6. The molecule has 0 N–H and O–H groups in total. The van der Waals surface area contributed by atoms with Gasteiger partial charge in [0, 0.05) is 47.6 Å². The number of nitrogens with zero attached hydrogens (tertiary/aromatic N) is 4. The minimum Gasteiger partial charge on any atom is -0.308 e. The molecule has 3 aromatic heterocycles. The van der Waals surface area contributed by atoms with Crippen LogP contribution in [0.2, 0.25) is 0 Å². The second-order valence-electron chi connectivity index (χ2n) is 13.9. The largest absolute Gasteiger partial charge is 0.308 e. The SMILES string of the molecule is [2H]c1ccc2c(c1)c1cc(-c3ccccc3)ccc1n2-c1cc(-c2cccc3c2sc2ccccc23)ccc1-c1nc(-c2ccccc2)nc(-c2ccccc2)n1. The minimum absolute atomic E-state index is 0.467. The van der Waals surface area contributed by atoms with Gasteiger partial charge in [-0.1, -0.05) is 158 Å². The van der Waals surface area contributed by atoms with E-state index in [4.69, 9.17) is 16.3 Å². The van der Waals surface area contributed by atoms with Crippen molar-refractivity contribution in [3.63, 3.8) is 0 Å². The molecular weight excluding hydrogens is 701 g/mol. The first-order valence-electron chi connectivity index (χ1n) is 19.2. The number of benzene rings is 8. The molecule has 0 saturated carbocycles. The van der Waals surface area contributed by atoms with E-state index >= 15 is 0 Å². The van der Waals surface area contributed by atoms with Gasteiger partial charge in [-0.25, -0.2) is 15.0 Å². The highest BCUT2D eigenvalue weighted by Crippen LogP contribution is 2.43. The van der Waals surface area contributed by atoms with Gasteiger partial charge in [-0.2, -0.15) is 0 Å². The maximum atomic E-state index is 8.71. The van der Waals surface area contributed by atoms with Crippen molar-refractivity contribution < 1.29 is 1.37 Å². The highest BCUT2D eigenvalue weighted by Gasteiger charge is 2.21. The minimum atomic E-state index is 0.467. The summed E-state index contributed by atoms with van der Waals surface area (Å²) in [6, 6.07) is 65.7. The molecule has 0 saturated heterocycles. The summed E-state index contributed by atoms with van der Waals surface area (Å²) in [7, 11) is 0. The van der Waals surface area contributed by atoms with Crippen LogP contribution in [0.15, 0.2) is 194 Å². The Balaban J connectivity index is 1.22. The summed E-state index contributed by atoms with van der Waals surface area (Å²) in [4.78, 5) is 15.4. The van der Waals surface area contributed by atoms with Gasteiger partial charge in [0.1, 0.15) is 0 Å². The van der Waals surface area contributed by atoms with E-state index in [2.05, 4.69) is 114 Å². The monoisotopic (exact) mass is 733 g/mol. The zero-order chi connectivity index (χ0) is 37.9. The third kappa shape index (κ3) is 5.40. The molecule has 0 amide bonds. The fourth-order valence-corrected chi connectivity index (χ4v) is 9.19. The maximum absolute atomic E-state index is 8.71. The summed E-state index contributed by atoms with van der Waals surface area (Å²) < 4.78 is 13.6. The van der Waals surface area contributed by atoms with Crippen molar-refractivity contribution in [1.29, 1.82) is 0 Å². The number of rotatable bonds is 6. The van der Waals surface area contributed by atoms with Crippen LogP contribution in [0.3, 0.4) is 0 Å². The first kappa shape index (κ1) is 31.2. The quantitative estimate of drug-likeness (QED) is 0.171. The Morgan fingerprint density at radius 3 is 1.77 bits per heavy atom. The van der Waals surface area contributed by atoms with E-state index < -0.39 is 0 Å². The van der Waals surface area contributed by atoms with Crippen molar-refractivity contribution in [2.24, 2.45) is 0 Å². The fourth-order valence-electron chi connectivity index (χ4n) is 7.96. The van der Waals surface area contributed by atoms with Crippen molar-refractivity contribution >= 4 is 53.3 Å². The number of fused-ring (bicyclic) bond motifs is 6. The van der Waals surface area contributed by atoms with E-state index in [0.29, 0.717) is 23.5 Å². The Morgan fingerprint density at radius 2 is 1.02 bits per heavy atom. The van der Waals surface area contributed by atoms with Crippen LogP contribution in [0.25, 0.3) is 104 Å². The molecule has 0 unspecified atom stereocenters. The van der Waals surface area contributed by atoms with Crippen molar-refractivity contribution in [2.75, 3.05) is 0 Å².